The molecule has 0 amide bonds. The lowest BCUT2D eigenvalue weighted by Gasteiger charge is -2.12. The predicted molar refractivity (Wildman–Crippen MR) is 108 cm³/mol. The van der Waals surface area contributed by atoms with E-state index in [-0.39, 0.29) is 26.5 Å². The van der Waals surface area contributed by atoms with Gasteiger partial charge in [-0.05, 0) is 42.5 Å². The average molecular weight is 466 g/mol. The Bertz CT molecular complexity index is 1440. The van der Waals surface area contributed by atoms with Gasteiger partial charge in [0.25, 0.3) is 10.0 Å². The van der Waals surface area contributed by atoms with Gasteiger partial charge in [0, 0.05) is 23.3 Å². The molecule has 2 aromatic heterocycles. The van der Waals surface area contributed by atoms with E-state index < -0.39 is 44.5 Å². The molecule has 2 aromatic carbocycles. The highest BCUT2D eigenvalue weighted by Gasteiger charge is 2.26. The van der Waals surface area contributed by atoms with Crippen LogP contribution < -0.4 is 4.72 Å². The fourth-order valence-electron chi connectivity index (χ4n) is 2.96. The molecule has 4 rings (SSSR count). The summed E-state index contributed by atoms with van der Waals surface area (Å²) < 4.78 is 69.4. The van der Waals surface area contributed by atoms with E-state index in [2.05, 4.69) is 9.97 Å². The molecule has 158 valence electrons. The number of H-pyrrole nitrogens is 1. The van der Waals surface area contributed by atoms with Crippen LogP contribution in [-0.4, -0.2) is 24.2 Å². The van der Waals surface area contributed by atoms with Crippen molar-refractivity contribution < 1.29 is 26.4 Å². The average Bonchev–Trinajstić information content (AvgIpc) is 3.13. The Morgan fingerprint density at radius 2 is 1.77 bits per heavy atom. The molecule has 2 heterocycles. The van der Waals surface area contributed by atoms with Crippen LogP contribution in [0.15, 0.2) is 59.8 Å². The van der Waals surface area contributed by atoms with Crippen molar-refractivity contribution in [2.75, 3.05) is 4.72 Å². The number of hydrogen-bond acceptors (Lipinski definition) is 4. The van der Waals surface area contributed by atoms with Gasteiger partial charge in [-0.15, -0.1) is 0 Å². The molecule has 0 aliphatic heterocycles. The molecule has 0 aliphatic rings. The topological polar surface area (TPSA) is 91.9 Å². The Labute approximate surface area is 178 Å². The second kappa shape index (κ2) is 7.71. The number of sulfonamides is 1. The van der Waals surface area contributed by atoms with Crippen molar-refractivity contribution in [2.24, 2.45) is 0 Å². The molecular weight excluding hydrogens is 455 g/mol. The Kier molecular flexibility index (Phi) is 5.19. The summed E-state index contributed by atoms with van der Waals surface area (Å²) in [5, 5.41) is 0.455. The summed E-state index contributed by atoms with van der Waals surface area (Å²) in [6, 6.07) is 6.81. The molecule has 4 aromatic rings. The molecular formula is C20H11ClF3N3O3S. The predicted octanol–water partition coefficient (Wildman–Crippen LogP) is 4.67. The van der Waals surface area contributed by atoms with Crippen LogP contribution in [0.4, 0.5) is 18.9 Å². The van der Waals surface area contributed by atoms with Crippen LogP contribution in [-0.2, 0) is 10.0 Å². The number of pyridine rings is 1. The van der Waals surface area contributed by atoms with Crippen molar-refractivity contribution in [1.82, 2.24) is 9.97 Å². The highest BCUT2D eigenvalue weighted by molar-refractivity contribution is 7.92. The van der Waals surface area contributed by atoms with E-state index in [0.29, 0.717) is 0 Å². The monoisotopic (exact) mass is 465 g/mol. The third kappa shape index (κ3) is 3.87. The molecule has 0 spiro atoms. The summed E-state index contributed by atoms with van der Waals surface area (Å²) in [6.45, 7) is 0. The number of aromatic amines is 1. The van der Waals surface area contributed by atoms with Crippen molar-refractivity contribution >= 4 is 44.1 Å². The van der Waals surface area contributed by atoms with Gasteiger partial charge in [0.05, 0.1) is 21.2 Å². The maximum atomic E-state index is 15.1. The highest BCUT2D eigenvalue weighted by atomic mass is 35.5. The second-order valence-corrected chi connectivity index (χ2v) is 8.54. The van der Waals surface area contributed by atoms with Gasteiger partial charge in [-0.25, -0.2) is 26.6 Å². The molecule has 0 radical (unpaired) electrons. The van der Waals surface area contributed by atoms with Gasteiger partial charge in [-0.1, -0.05) is 11.6 Å². The van der Waals surface area contributed by atoms with Gasteiger partial charge in [-0.2, -0.15) is 0 Å². The maximum absolute atomic E-state index is 15.1. The fourth-order valence-corrected chi connectivity index (χ4v) is 4.17. The smallest absolute Gasteiger partial charge is 0.261 e. The first-order chi connectivity index (χ1) is 14.7. The number of rotatable bonds is 5. The van der Waals surface area contributed by atoms with Crippen LogP contribution >= 0.6 is 11.6 Å². The summed E-state index contributed by atoms with van der Waals surface area (Å²) in [5.41, 5.74) is -1.42. The third-order valence-corrected chi connectivity index (χ3v) is 6.02. The summed E-state index contributed by atoms with van der Waals surface area (Å²) in [7, 11) is -4.33. The van der Waals surface area contributed by atoms with E-state index in [0.717, 1.165) is 36.4 Å². The number of nitrogens with one attached hydrogen (secondary N) is 2. The van der Waals surface area contributed by atoms with Crippen LogP contribution in [0, 0.1) is 17.5 Å². The van der Waals surface area contributed by atoms with Crippen LogP contribution in [0.2, 0.25) is 5.02 Å². The van der Waals surface area contributed by atoms with Gasteiger partial charge in [0.2, 0.25) is 5.78 Å². The molecule has 0 saturated heterocycles. The molecule has 0 fully saturated rings. The largest absolute Gasteiger partial charge is 0.345 e. The standard InChI is InChI=1S/C20H11ClF3N3O3S/c21-10-7-13-14(9-26-20(13)25-8-10)19(28)17-15(23)5-6-16(18(17)24)27-31(29,30)12-3-1-11(22)2-4-12/h1-9,27H,(H,25,26). The normalized spacial score (nSPS) is 11.6. The third-order valence-electron chi connectivity index (χ3n) is 4.43. The van der Waals surface area contributed by atoms with E-state index in [1.54, 1.807) is 0 Å². The minimum Gasteiger partial charge on any atom is -0.345 e. The summed E-state index contributed by atoms with van der Waals surface area (Å²) in [5.74, 6) is -4.28. The lowest BCUT2D eigenvalue weighted by molar-refractivity contribution is 0.103. The SMILES string of the molecule is O=C(c1c(F)ccc(NS(=O)(=O)c2ccc(F)cc2)c1F)c1c[nH]c2ncc(Cl)cc12. The fraction of sp³-hybridized carbons (Fsp3) is 0. The van der Waals surface area contributed by atoms with Gasteiger partial charge in [0.1, 0.15) is 17.3 Å². The van der Waals surface area contributed by atoms with Crippen molar-refractivity contribution in [1.29, 1.82) is 0 Å². The number of carbonyl (C=O) groups is 1. The van der Waals surface area contributed by atoms with Crippen molar-refractivity contribution in [3.05, 3.63) is 88.5 Å². The van der Waals surface area contributed by atoms with E-state index in [1.165, 1.54) is 18.5 Å². The van der Waals surface area contributed by atoms with E-state index in [9.17, 15) is 22.0 Å². The zero-order valence-corrected chi connectivity index (χ0v) is 16.9. The number of aromatic nitrogens is 2. The lowest BCUT2D eigenvalue weighted by Crippen LogP contribution is -2.16. The number of carbonyl (C=O) groups excluding carboxylic acids is 1. The van der Waals surface area contributed by atoms with Gasteiger partial charge >= 0.3 is 0 Å². The van der Waals surface area contributed by atoms with E-state index in [4.69, 9.17) is 11.6 Å². The number of hydrogen-bond donors (Lipinski definition) is 2. The van der Waals surface area contributed by atoms with Gasteiger partial charge in [-0.3, -0.25) is 9.52 Å². The summed E-state index contributed by atoms with van der Waals surface area (Å²) in [4.78, 5) is 19.3. The Morgan fingerprint density at radius 3 is 2.48 bits per heavy atom. The Balaban J connectivity index is 1.76. The van der Waals surface area contributed by atoms with Crippen molar-refractivity contribution in [2.45, 2.75) is 4.90 Å². The first kappa shape index (κ1) is 20.9. The highest BCUT2D eigenvalue weighted by Crippen LogP contribution is 2.29. The quantitative estimate of drug-likeness (QED) is 0.419. The van der Waals surface area contributed by atoms with E-state index >= 15 is 4.39 Å². The number of nitrogens with zero attached hydrogens (tertiary/aromatic N) is 1. The Morgan fingerprint density at radius 1 is 1.06 bits per heavy atom. The molecule has 2 N–H and O–H groups in total. The van der Waals surface area contributed by atoms with Crippen molar-refractivity contribution in [3.63, 3.8) is 0 Å². The molecule has 6 nitrogen and oxygen atoms in total. The zero-order chi connectivity index (χ0) is 22.3. The number of benzene rings is 2. The molecule has 0 saturated carbocycles. The molecule has 0 atom stereocenters. The van der Waals surface area contributed by atoms with Crippen LogP contribution in [0.5, 0.6) is 0 Å². The Hall–Kier alpha value is -3.37. The lowest BCUT2D eigenvalue weighted by atomic mass is 10.0. The van der Waals surface area contributed by atoms with E-state index in [1.807, 2.05) is 4.72 Å². The molecule has 0 unspecified atom stereocenters. The van der Waals surface area contributed by atoms with Crippen molar-refractivity contribution in [3.8, 4) is 0 Å². The molecule has 0 aliphatic carbocycles. The minimum absolute atomic E-state index is 0.0960. The number of halogens is 4. The number of ketones is 1. The summed E-state index contributed by atoms with van der Waals surface area (Å²) in [6.07, 6.45) is 2.56. The first-order valence-corrected chi connectivity index (χ1v) is 10.5. The van der Waals surface area contributed by atoms with Crippen LogP contribution in [0.1, 0.15) is 15.9 Å². The maximum Gasteiger partial charge on any atom is 0.261 e. The minimum atomic E-state index is -4.33. The number of fused-ring (bicyclic) bond motifs is 1. The zero-order valence-electron chi connectivity index (χ0n) is 15.3. The second-order valence-electron chi connectivity index (χ2n) is 6.42. The molecule has 11 heteroatoms. The summed E-state index contributed by atoms with van der Waals surface area (Å²) >= 11 is 5.89. The van der Waals surface area contributed by atoms with Gasteiger partial charge < -0.3 is 4.98 Å². The van der Waals surface area contributed by atoms with Gasteiger partial charge in [0.15, 0.2) is 5.82 Å². The van der Waals surface area contributed by atoms with Crippen LogP contribution in [0.3, 0.4) is 0 Å². The molecule has 31 heavy (non-hydrogen) atoms. The number of anilines is 1. The molecule has 0 bridgehead atoms. The van der Waals surface area contributed by atoms with Crippen LogP contribution in [0.25, 0.3) is 11.0 Å². The first-order valence-electron chi connectivity index (χ1n) is 8.61.